The Labute approximate surface area is 169 Å². The predicted molar refractivity (Wildman–Crippen MR) is 120 cm³/mol. The van der Waals surface area contributed by atoms with Crippen LogP contribution in [0.3, 0.4) is 0 Å². The molecule has 1 heterocycles. The van der Waals surface area contributed by atoms with Crippen LogP contribution in [0.15, 0.2) is 73.3 Å². The smallest absolute Gasteiger partial charge is 0.106 e. The summed E-state index contributed by atoms with van der Waals surface area (Å²) in [6.07, 6.45) is 8.66. The average molecular weight is 369 g/mol. The first-order valence-electron chi connectivity index (χ1n) is 9.74. The van der Waals surface area contributed by atoms with Gasteiger partial charge in [0.15, 0.2) is 0 Å². The van der Waals surface area contributed by atoms with Crippen molar-refractivity contribution in [1.82, 2.24) is 9.55 Å². The third-order valence-corrected chi connectivity index (χ3v) is 4.54. The Kier molecular flexibility index (Phi) is 8.30. The highest BCUT2D eigenvalue weighted by Crippen LogP contribution is 2.28. The number of nitrogens with zero attached hydrogens (tertiary/aromatic N) is 3. The monoisotopic (exact) mass is 369 g/mol. The van der Waals surface area contributed by atoms with E-state index in [1.165, 1.54) is 27.8 Å². The van der Waals surface area contributed by atoms with Crippen LogP contribution in [0.1, 0.15) is 29.2 Å². The van der Waals surface area contributed by atoms with E-state index in [9.17, 15) is 0 Å². The van der Waals surface area contributed by atoms with Gasteiger partial charge in [0.25, 0.3) is 0 Å². The van der Waals surface area contributed by atoms with Crippen LogP contribution in [-0.4, -0.2) is 17.4 Å². The van der Waals surface area contributed by atoms with E-state index < -0.39 is 0 Å². The molecule has 0 bridgehead atoms. The molecule has 0 saturated heterocycles. The summed E-state index contributed by atoms with van der Waals surface area (Å²) in [5, 5.41) is 8.45. The van der Waals surface area contributed by atoms with Gasteiger partial charge in [0.1, 0.15) is 7.85 Å². The Morgan fingerprint density at radius 1 is 1.11 bits per heavy atom. The van der Waals surface area contributed by atoms with E-state index >= 15 is 0 Å². The van der Waals surface area contributed by atoms with Crippen LogP contribution >= 0.6 is 0 Å². The fourth-order valence-electron chi connectivity index (χ4n) is 3.07. The number of rotatable bonds is 5. The summed E-state index contributed by atoms with van der Waals surface area (Å²) in [4.78, 5) is 3.86. The van der Waals surface area contributed by atoms with Crippen molar-refractivity contribution >= 4 is 13.4 Å². The largest absolute Gasteiger partial charge is 0.336 e. The van der Waals surface area contributed by atoms with Crippen molar-refractivity contribution in [2.24, 2.45) is 5.92 Å². The highest BCUT2D eigenvalue weighted by Gasteiger charge is 2.08. The first-order chi connectivity index (χ1) is 13.6. The van der Waals surface area contributed by atoms with Crippen LogP contribution in [0.4, 0.5) is 0 Å². The zero-order valence-electron chi connectivity index (χ0n) is 17.3. The number of hydrogen-bond acceptors (Lipinski definition) is 2. The highest BCUT2D eigenvalue weighted by atomic mass is 15.0. The molecule has 0 N–H and O–H groups in total. The Morgan fingerprint density at radius 2 is 1.68 bits per heavy atom. The van der Waals surface area contributed by atoms with Crippen LogP contribution in [0.2, 0.25) is 6.32 Å². The predicted octanol–water partition coefficient (Wildman–Crippen LogP) is 4.83. The standard InChI is InChI=1S/C17H19B.C7H9N3/c1-13-7-3-5-9-15(13)17(11-12-18)16-10-6-4-8-14(16)2;1-7(4-8)5-10-3-2-9-6-10/h3-11H,12,18H2,1-2H3;2-3,6-7H,5H2,1H3. The second-order valence-corrected chi connectivity index (χ2v) is 6.95. The maximum Gasteiger partial charge on any atom is 0.106 e. The Hall–Kier alpha value is -3.06. The van der Waals surface area contributed by atoms with Crippen molar-refractivity contribution in [2.75, 3.05) is 0 Å². The molecule has 0 aliphatic carbocycles. The molecule has 4 heteroatoms. The van der Waals surface area contributed by atoms with E-state index in [1.54, 1.807) is 12.5 Å². The third kappa shape index (κ3) is 5.99. The van der Waals surface area contributed by atoms with Gasteiger partial charge in [-0.1, -0.05) is 60.9 Å². The van der Waals surface area contributed by atoms with Gasteiger partial charge in [-0.25, -0.2) is 4.98 Å². The number of aryl methyl sites for hydroxylation is 2. The van der Waals surface area contributed by atoms with E-state index in [0.29, 0.717) is 0 Å². The molecule has 1 unspecified atom stereocenters. The molecular weight excluding hydrogens is 341 g/mol. The first-order valence-corrected chi connectivity index (χ1v) is 9.74. The van der Waals surface area contributed by atoms with Crippen molar-refractivity contribution in [3.05, 3.63) is 95.6 Å². The first kappa shape index (κ1) is 21.2. The van der Waals surface area contributed by atoms with Crippen LogP contribution < -0.4 is 0 Å². The molecule has 142 valence electrons. The molecular formula is C24H28BN3. The molecule has 1 atom stereocenters. The van der Waals surface area contributed by atoms with E-state index in [1.807, 2.05) is 17.7 Å². The number of benzene rings is 2. The van der Waals surface area contributed by atoms with E-state index in [-0.39, 0.29) is 5.92 Å². The van der Waals surface area contributed by atoms with Crippen molar-refractivity contribution in [2.45, 2.75) is 33.6 Å². The van der Waals surface area contributed by atoms with Crippen LogP contribution in [-0.2, 0) is 6.54 Å². The molecule has 3 rings (SSSR count). The normalized spacial score (nSPS) is 10.9. The van der Waals surface area contributed by atoms with Gasteiger partial charge in [-0.2, -0.15) is 5.26 Å². The summed E-state index contributed by atoms with van der Waals surface area (Å²) in [5.41, 5.74) is 6.71. The summed E-state index contributed by atoms with van der Waals surface area (Å²) in [6, 6.07) is 19.4. The molecule has 0 amide bonds. The van der Waals surface area contributed by atoms with Gasteiger partial charge in [0.2, 0.25) is 0 Å². The molecule has 0 radical (unpaired) electrons. The van der Waals surface area contributed by atoms with Gasteiger partial charge in [0.05, 0.1) is 18.3 Å². The zero-order chi connectivity index (χ0) is 20.4. The van der Waals surface area contributed by atoms with Crippen LogP contribution in [0, 0.1) is 31.1 Å². The third-order valence-electron chi connectivity index (χ3n) is 4.54. The van der Waals surface area contributed by atoms with Crippen LogP contribution in [0.25, 0.3) is 5.57 Å². The fraction of sp³-hybridized carbons (Fsp3) is 0.250. The van der Waals surface area contributed by atoms with E-state index in [4.69, 9.17) is 5.26 Å². The number of aromatic nitrogens is 2. The van der Waals surface area contributed by atoms with Gasteiger partial charge in [0, 0.05) is 18.9 Å². The number of hydrogen-bond donors (Lipinski definition) is 0. The summed E-state index contributed by atoms with van der Waals surface area (Å²) < 4.78 is 1.90. The highest BCUT2D eigenvalue weighted by molar-refractivity contribution is 6.10. The minimum atomic E-state index is 0.0641. The summed E-state index contributed by atoms with van der Waals surface area (Å²) in [7, 11) is 2.19. The molecule has 0 spiro atoms. The topological polar surface area (TPSA) is 41.6 Å². The Balaban J connectivity index is 0.000000237. The maximum absolute atomic E-state index is 8.45. The molecule has 0 fully saturated rings. The fourth-order valence-corrected chi connectivity index (χ4v) is 3.07. The van der Waals surface area contributed by atoms with Crippen molar-refractivity contribution < 1.29 is 0 Å². The SMILES string of the molecule is BCC=C(c1ccccc1C)c1ccccc1C.CC(C#N)Cn1ccnc1. The van der Waals surface area contributed by atoms with Gasteiger partial charge in [-0.05, 0) is 48.6 Å². The lowest BCUT2D eigenvalue weighted by atomic mass is 9.89. The number of allylic oxidation sites excluding steroid dienone is 1. The van der Waals surface area contributed by atoms with Crippen molar-refractivity contribution in [3.63, 3.8) is 0 Å². The molecule has 28 heavy (non-hydrogen) atoms. The zero-order valence-corrected chi connectivity index (χ0v) is 17.3. The van der Waals surface area contributed by atoms with Gasteiger partial charge >= 0.3 is 0 Å². The molecule has 0 saturated carbocycles. The van der Waals surface area contributed by atoms with Gasteiger partial charge in [-0.3, -0.25) is 0 Å². The van der Waals surface area contributed by atoms with Crippen molar-refractivity contribution in [1.29, 1.82) is 5.26 Å². The molecule has 2 aromatic carbocycles. The molecule has 3 aromatic rings. The van der Waals surface area contributed by atoms with Gasteiger partial charge < -0.3 is 4.57 Å². The summed E-state index contributed by atoms with van der Waals surface area (Å²) in [5.74, 6) is 0.0641. The number of imidazole rings is 1. The molecule has 3 nitrogen and oxygen atoms in total. The Bertz CT molecular complexity index is 889. The lowest BCUT2D eigenvalue weighted by Crippen LogP contribution is -2.02. The van der Waals surface area contributed by atoms with Crippen molar-refractivity contribution in [3.8, 4) is 6.07 Å². The minimum Gasteiger partial charge on any atom is -0.336 e. The van der Waals surface area contributed by atoms with E-state index in [0.717, 1.165) is 12.9 Å². The Morgan fingerprint density at radius 3 is 2.11 bits per heavy atom. The average Bonchev–Trinajstić information content (AvgIpc) is 3.21. The summed E-state index contributed by atoms with van der Waals surface area (Å²) in [6.45, 7) is 6.98. The second-order valence-electron chi connectivity index (χ2n) is 6.95. The van der Waals surface area contributed by atoms with E-state index in [2.05, 4.69) is 87.4 Å². The maximum atomic E-state index is 8.45. The molecule has 1 aromatic heterocycles. The quantitative estimate of drug-likeness (QED) is 0.605. The molecule has 0 aliphatic rings. The summed E-state index contributed by atoms with van der Waals surface area (Å²) >= 11 is 0. The second kappa shape index (κ2) is 10.9. The lowest BCUT2D eigenvalue weighted by Gasteiger charge is -2.13. The van der Waals surface area contributed by atoms with Gasteiger partial charge in [-0.15, -0.1) is 0 Å². The lowest BCUT2D eigenvalue weighted by molar-refractivity contribution is 0.580. The molecule has 0 aliphatic heterocycles. The minimum absolute atomic E-state index is 0.0641. The number of nitriles is 1. The van der Waals surface area contributed by atoms with Crippen LogP contribution in [0.5, 0.6) is 0 Å².